The smallest absolute Gasteiger partial charge is 0.150 e. The van der Waals surface area contributed by atoms with E-state index in [4.69, 9.17) is 0 Å². The van der Waals surface area contributed by atoms with Crippen molar-refractivity contribution in [2.45, 2.75) is 13.1 Å². The zero-order valence-corrected chi connectivity index (χ0v) is 13.3. The first-order valence-corrected chi connectivity index (χ1v) is 9.65. The maximum absolute atomic E-state index is 10.8. The first-order chi connectivity index (χ1) is 9.45. The van der Waals surface area contributed by atoms with Crippen molar-refractivity contribution in [2.24, 2.45) is 0 Å². The van der Waals surface area contributed by atoms with Crippen molar-refractivity contribution in [1.82, 2.24) is 0 Å². The van der Waals surface area contributed by atoms with E-state index in [0.717, 1.165) is 13.1 Å². The molecule has 0 heterocycles. The highest BCUT2D eigenvalue weighted by atomic mass is 32.9. The van der Waals surface area contributed by atoms with Crippen LogP contribution < -0.4 is 5.32 Å². The van der Waals surface area contributed by atoms with E-state index in [9.17, 15) is 8.39 Å². The molecule has 2 rings (SSSR count). The van der Waals surface area contributed by atoms with Crippen LogP contribution in [0.3, 0.4) is 0 Å². The van der Waals surface area contributed by atoms with Crippen molar-refractivity contribution in [1.29, 1.82) is 0 Å². The number of hydrogen-bond donors (Lipinski definition) is 1. The van der Waals surface area contributed by atoms with Crippen LogP contribution in [0.1, 0.15) is 11.1 Å². The van der Waals surface area contributed by atoms with Crippen LogP contribution in [0.2, 0.25) is 0 Å². The lowest BCUT2D eigenvalue weighted by Crippen LogP contribution is -2.80. The van der Waals surface area contributed by atoms with Crippen LogP contribution >= 0.6 is 5.86 Å². The monoisotopic (exact) mass is 331 g/mol. The molecule has 0 aliphatic carbocycles. The second-order valence-electron chi connectivity index (χ2n) is 4.08. The van der Waals surface area contributed by atoms with Crippen LogP contribution in [0.5, 0.6) is 0 Å². The molecule has 2 aromatic rings. The molecule has 0 aromatic heterocycles. The van der Waals surface area contributed by atoms with Gasteiger partial charge in [0.15, 0.2) is 5.86 Å². The minimum absolute atomic E-state index is 1.05. The summed E-state index contributed by atoms with van der Waals surface area (Å²) in [6.07, 6.45) is 0. The van der Waals surface area contributed by atoms with E-state index in [1.807, 2.05) is 0 Å². The van der Waals surface area contributed by atoms with Crippen molar-refractivity contribution in [2.75, 3.05) is 0 Å². The molecular weight excluding hydrogens is 315 g/mol. The summed E-state index contributed by atoms with van der Waals surface area (Å²) in [5.74, 6) is -4.22. The van der Waals surface area contributed by atoms with Gasteiger partial charge in [0.05, 0.1) is 0 Å². The summed E-state index contributed by atoms with van der Waals surface area (Å²) in [6.45, 7) is 2.10. The van der Waals surface area contributed by atoms with Gasteiger partial charge >= 0.3 is 0 Å². The topological polar surface area (TPSA) is 16.6 Å². The molecule has 108 valence electrons. The Hall–Kier alpha value is -0.740. The first-order valence-electron chi connectivity index (χ1n) is 6.05. The van der Waals surface area contributed by atoms with Gasteiger partial charge in [-0.25, -0.2) is 8.39 Å². The van der Waals surface area contributed by atoms with Gasteiger partial charge in [-0.05, 0) is 0 Å². The fraction of sp³-hybridized carbons (Fsp3) is 0.143. The van der Waals surface area contributed by atoms with Crippen LogP contribution in [0, 0.1) is 0 Å². The third-order valence-electron chi connectivity index (χ3n) is 2.45. The number of benzene rings is 2. The summed E-state index contributed by atoms with van der Waals surface area (Å²) in [5, 5.41) is 2.32. The van der Waals surface area contributed by atoms with Crippen molar-refractivity contribution in [3.63, 3.8) is 0 Å². The number of rotatable bonds is 4. The molecule has 0 amide bonds. The third-order valence-corrected chi connectivity index (χ3v) is 2.45. The predicted octanol–water partition coefficient (Wildman–Crippen LogP) is 3.65. The highest BCUT2D eigenvalue weighted by Crippen LogP contribution is 2.46. The molecule has 0 spiro atoms. The fourth-order valence-corrected chi connectivity index (χ4v) is 1.63. The van der Waals surface area contributed by atoms with Gasteiger partial charge < -0.3 is 17.6 Å². The molecule has 0 fully saturated rings. The number of nitrogens with two attached hydrogens (primary N) is 1. The van der Waals surface area contributed by atoms with Gasteiger partial charge in [-0.2, -0.15) is 0 Å². The number of hydrogen-bond acceptors (Lipinski definition) is 2. The summed E-state index contributed by atoms with van der Waals surface area (Å²) in [5.41, 5.74) is 2.77. The van der Waals surface area contributed by atoms with Gasteiger partial charge in [0.2, 0.25) is 0 Å². The van der Waals surface area contributed by atoms with Crippen LogP contribution in [0.4, 0.5) is 8.39 Å². The fourth-order valence-electron chi connectivity index (χ4n) is 1.63. The molecule has 0 saturated heterocycles. The van der Waals surface area contributed by atoms with Gasteiger partial charge in [0, 0.05) is 11.1 Å². The zero-order chi connectivity index (χ0) is 14.8. The van der Waals surface area contributed by atoms with Gasteiger partial charge in [0.25, 0.3) is 0 Å². The summed E-state index contributed by atoms with van der Waals surface area (Å²) >= 11 is 6.84. The van der Waals surface area contributed by atoms with Gasteiger partial charge in [-0.15, -0.1) is 0 Å². The lowest BCUT2D eigenvalue weighted by atomic mass is 10.2. The number of quaternary nitrogens is 1. The number of halogens is 2. The minimum Gasteiger partial charge on any atom is -0.681 e. The molecule has 0 atom stereocenters. The Morgan fingerprint density at radius 1 is 0.850 bits per heavy atom. The van der Waals surface area contributed by atoms with Crippen LogP contribution in [-0.4, -0.2) is 0 Å². The Morgan fingerprint density at radius 2 is 1.15 bits per heavy atom. The summed E-state index contributed by atoms with van der Waals surface area (Å²) in [6, 6.07) is 21.1. The Morgan fingerprint density at radius 3 is 1.45 bits per heavy atom. The van der Waals surface area contributed by atoms with Crippen LogP contribution in [0.15, 0.2) is 60.7 Å². The van der Waals surface area contributed by atoms with Gasteiger partial charge in [-0.1, -0.05) is 72.5 Å². The van der Waals surface area contributed by atoms with Crippen molar-refractivity contribution >= 4 is 29.9 Å². The molecule has 20 heavy (non-hydrogen) atoms. The van der Waals surface area contributed by atoms with Crippen LogP contribution in [-0.2, 0) is 37.1 Å². The van der Waals surface area contributed by atoms with E-state index in [1.165, 1.54) is 11.1 Å². The Balaban J connectivity index is 0.000000347. The van der Waals surface area contributed by atoms with E-state index < -0.39 is 5.86 Å². The minimum atomic E-state index is -4.22. The van der Waals surface area contributed by atoms with E-state index in [2.05, 4.69) is 90.0 Å². The Bertz CT molecular complexity index is 484. The molecule has 0 aliphatic rings. The molecule has 2 N–H and O–H groups in total. The van der Waals surface area contributed by atoms with Crippen LogP contribution in [0.25, 0.3) is 0 Å². The van der Waals surface area contributed by atoms with Crippen molar-refractivity contribution < 1.29 is 13.7 Å². The largest absolute Gasteiger partial charge is 0.681 e. The standard InChI is InChI=1S/C14H15N.F2HPS2/c1-3-7-13(8-4-1)11-15-12-14-9-5-2-6-10-14;1-3(2,4)5/h1-10,15H,11-12H2;(H,4,5). The predicted molar refractivity (Wildman–Crippen MR) is 86.1 cm³/mol. The quantitative estimate of drug-likeness (QED) is 0.680. The van der Waals surface area contributed by atoms with E-state index in [1.54, 1.807) is 0 Å². The first kappa shape index (κ1) is 17.3. The zero-order valence-electron chi connectivity index (χ0n) is 10.8. The molecule has 0 saturated carbocycles. The third kappa shape index (κ3) is 10.1. The molecule has 0 bridgehead atoms. The normalized spacial score (nSPS) is 10.6. The highest BCUT2D eigenvalue weighted by molar-refractivity contribution is 8.51. The molecule has 0 unspecified atom stereocenters. The maximum atomic E-state index is 10.8. The van der Waals surface area contributed by atoms with E-state index in [-0.39, 0.29) is 0 Å². The molecule has 0 aliphatic heterocycles. The molecular formula is C14H16F2NPS2. The van der Waals surface area contributed by atoms with Gasteiger partial charge in [-0.3, -0.25) is 0 Å². The molecule has 6 heteroatoms. The maximum Gasteiger partial charge on any atom is 0.150 e. The van der Waals surface area contributed by atoms with E-state index >= 15 is 0 Å². The van der Waals surface area contributed by atoms with Crippen molar-refractivity contribution in [3.8, 4) is 0 Å². The lowest BCUT2D eigenvalue weighted by Gasteiger charge is -2.01. The van der Waals surface area contributed by atoms with E-state index in [0.29, 0.717) is 0 Å². The molecule has 0 radical (unpaired) electrons. The molecule has 2 aromatic carbocycles. The Labute approximate surface area is 128 Å². The average molecular weight is 331 g/mol. The second-order valence-corrected chi connectivity index (χ2v) is 8.36. The summed E-state index contributed by atoms with van der Waals surface area (Å²) in [7, 11) is 0. The SMILES string of the molecule is FP(F)(=S)[S-].c1ccc(C[NH2+]Cc2ccccc2)cc1. The summed E-state index contributed by atoms with van der Waals surface area (Å²) in [4.78, 5) is 0. The van der Waals surface area contributed by atoms with Crippen molar-refractivity contribution in [3.05, 3.63) is 71.8 Å². The second kappa shape index (κ2) is 9.24. The molecule has 1 nitrogen and oxygen atoms in total. The van der Waals surface area contributed by atoms with Gasteiger partial charge in [0.1, 0.15) is 13.1 Å². The Kier molecular flexibility index (Phi) is 8.00. The lowest BCUT2D eigenvalue weighted by molar-refractivity contribution is -0.686. The summed E-state index contributed by atoms with van der Waals surface area (Å²) < 4.78 is 21.5. The highest BCUT2D eigenvalue weighted by Gasteiger charge is 1.95. The average Bonchev–Trinajstić information content (AvgIpc) is 2.39.